The molecule has 0 fully saturated rings. The first-order valence-electron chi connectivity index (χ1n) is 9.57. The quantitative estimate of drug-likeness (QED) is 0.500. The van der Waals surface area contributed by atoms with E-state index in [0.29, 0.717) is 24.0 Å². The fourth-order valence-electron chi connectivity index (χ4n) is 3.59. The lowest BCUT2D eigenvalue weighted by Crippen LogP contribution is -2.31. The third-order valence-electron chi connectivity index (χ3n) is 5.05. The zero-order valence-electron chi connectivity index (χ0n) is 16.9. The lowest BCUT2D eigenvalue weighted by Gasteiger charge is -2.28. The second-order valence-electron chi connectivity index (χ2n) is 7.43. The SMILES string of the molecule is O=C(O)COc1c(Cl)ccc2c1CCCC2NS(=O)(=O)c1cc(C(F)(F)F)cc(C(F)(F)F)c1. The van der Waals surface area contributed by atoms with E-state index in [1.165, 1.54) is 12.1 Å². The van der Waals surface area contributed by atoms with E-state index < -0.39 is 57.0 Å². The van der Waals surface area contributed by atoms with Crippen LogP contribution in [0.1, 0.15) is 41.1 Å². The molecule has 6 nitrogen and oxygen atoms in total. The largest absolute Gasteiger partial charge is 0.480 e. The van der Waals surface area contributed by atoms with Gasteiger partial charge in [-0.05, 0) is 49.1 Å². The number of alkyl halides is 6. The molecule has 34 heavy (non-hydrogen) atoms. The summed E-state index contributed by atoms with van der Waals surface area (Å²) in [7, 11) is -4.83. The standard InChI is InChI=1S/C20H16ClF6NO5S/c21-15-5-4-13-14(18(15)33-9-17(29)30)2-1-3-16(13)28-34(31,32)12-7-10(19(22,23)24)6-11(8-12)20(25,26)27/h4-8,16,28H,1-3,9H2,(H,29,30). The van der Waals surface area contributed by atoms with Gasteiger partial charge in [-0.3, -0.25) is 0 Å². The number of halogens is 7. The van der Waals surface area contributed by atoms with Gasteiger partial charge in [-0.1, -0.05) is 17.7 Å². The smallest absolute Gasteiger partial charge is 0.416 e. The van der Waals surface area contributed by atoms with Gasteiger partial charge in [-0.2, -0.15) is 26.3 Å². The highest BCUT2D eigenvalue weighted by molar-refractivity contribution is 7.89. The fourth-order valence-corrected chi connectivity index (χ4v) is 5.14. The van der Waals surface area contributed by atoms with Gasteiger partial charge in [-0.15, -0.1) is 0 Å². The Kier molecular flexibility index (Phi) is 7.11. The Morgan fingerprint density at radius 3 is 2.21 bits per heavy atom. The average Bonchev–Trinajstić information content (AvgIpc) is 2.71. The van der Waals surface area contributed by atoms with Crippen molar-refractivity contribution >= 4 is 27.6 Å². The van der Waals surface area contributed by atoms with E-state index in [0.717, 1.165) is 0 Å². The van der Waals surface area contributed by atoms with Crippen molar-refractivity contribution in [2.45, 2.75) is 42.6 Å². The highest BCUT2D eigenvalue weighted by Crippen LogP contribution is 2.41. The van der Waals surface area contributed by atoms with Crippen molar-refractivity contribution in [2.24, 2.45) is 0 Å². The third-order valence-corrected chi connectivity index (χ3v) is 6.80. The van der Waals surface area contributed by atoms with Gasteiger partial charge in [0, 0.05) is 11.6 Å². The van der Waals surface area contributed by atoms with Gasteiger partial charge in [-0.25, -0.2) is 17.9 Å². The van der Waals surface area contributed by atoms with Gasteiger partial charge in [0.15, 0.2) is 6.61 Å². The molecule has 2 aromatic carbocycles. The number of hydrogen-bond acceptors (Lipinski definition) is 4. The van der Waals surface area contributed by atoms with Crippen LogP contribution in [0.3, 0.4) is 0 Å². The Balaban J connectivity index is 2.02. The van der Waals surface area contributed by atoms with Gasteiger partial charge in [0.25, 0.3) is 0 Å². The van der Waals surface area contributed by atoms with E-state index in [1.807, 2.05) is 0 Å². The first-order valence-corrected chi connectivity index (χ1v) is 11.4. The highest BCUT2D eigenvalue weighted by Gasteiger charge is 2.39. The van der Waals surface area contributed by atoms with E-state index in [-0.39, 0.29) is 35.4 Å². The summed E-state index contributed by atoms with van der Waals surface area (Å²) in [6.07, 6.45) is -9.55. The van der Waals surface area contributed by atoms with E-state index >= 15 is 0 Å². The predicted octanol–water partition coefficient (Wildman–Crippen LogP) is 5.20. The summed E-state index contributed by atoms with van der Waals surface area (Å²) in [5, 5.41) is 8.91. The maximum absolute atomic E-state index is 13.1. The minimum atomic E-state index is -5.21. The summed E-state index contributed by atoms with van der Waals surface area (Å²) >= 11 is 6.07. The molecule has 0 aliphatic heterocycles. The number of nitrogens with one attached hydrogen (secondary N) is 1. The van der Waals surface area contributed by atoms with Gasteiger partial charge >= 0.3 is 18.3 Å². The molecule has 2 N–H and O–H groups in total. The number of hydrogen-bond donors (Lipinski definition) is 2. The number of ether oxygens (including phenoxy) is 1. The van der Waals surface area contributed by atoms with Gasteiger partial charge < -0.3 is 9.84 Å². The number of carbonyl (C=O) groups is 1. The van der Waals surface area contributed by atoms with Crippen LogP contribution >= 0.6 is 11.6 Å². The molecule has 0 amide bonds. The monoisotopic (exact) mass is 531 g/mol. The van der Waals surface area contributed by atoms with Crippen LogP contribution in [0.25, 0.3) is 0 Å². The van der Waals surface area contributed by atoms with Crippen LogP contribution in [0.15, 0.2) is 35.2 Å². The van der Waals surface area contributed by atoms with Crippen molar-refractivity contribution in [3.8, 4) is 5.75 Å². The van der Waals surface area contributed by atoms with E-state index in [1.54, 1.807) is 0 Å². The highest BCUT2D eigenvalue weighted by atomic mass is 35.5. The summed E-state index contributed by atoms with van der Waals surface area (Å²) < 4.78 is 112. The minimum Gasteiger partial charge on any atom is -0.480 e. The first kappa shape index (κ1) is 26.1. The fraction of sp³-hybridized carbons (Fsp3) is 0.350. The molecule has 1 unspecified atom stereocenters. The Labute approximate surface area is 194 Å². The van der Waals surface area contributed by atoms with Crippen LogP contribution in [-0.2, 0) is 33.6 Å². The van der Waals surface area contributed by atoms with Crippen LogP contribution in [-0.4, -0.2) is 26.1 Å². The minimum absolute atomic E-state index is 0.0175. The van der Waals surface area contributed by atoms with Crippen molar-refractivity contribution in [3.63, 3.8) is 0 Å². The zero-order chi connectivity index (χ0) is 25.5. The summed E-state index contributed by atoms with van der Waals surface area (Å²) in [4.78, 5) is 9.64. The molecular weight excluding hydrogens is 516 g/mol. The summed E-state index contributed by atoms with van der Waals surface area (Å²) in [5.74, 6) is -1.27. The molecule has 0 radical (unpaired) electrons. The van der Waals surface area contributed by atoms with Crippen LogP contribution < -0.4 is 9.46 Å². The molecule has 1 aliphatic rings. The summed E-state index contributed by atoms with van der Waals surface area (Å²) in [6, 6.07) is 1.83. The van der Waals surface area contributed by atoms with Crippen molar-refractivity contribution in [1.29, 1.82) is 0 Å². The molecule has 0 spiro atoms. The molecule has 0 heterocycles. The van der Waals surface area contributed by atoms with Gasteiger partial charge in [0.05, 0.1) is 21.0 Å². The molecule has 3 rings (SSSR count). The molecule has 186 valence electrons. The van der Waals surface area contributed by atoms with E-state index in [9.17, 15) is 39.6 Å². The number of carboxylic acid groups (broad SMARTS) is 1. The number of aliphatic carboxylic acids is 1. The van der Waals surface area contributed by atoms with Crippen molar-refractivity contribution in [2.75, 3.05) is 6.61 Å². The van der Waals surface area contributed by atoms with Gasteiger partial charge in [0.1, 0.15) is 5.75 Å². The Morgan fingerprint density at radius 2 is 1.68 bits per heavy atom. The second-order valence-corrected chi connectivity index (χ2v) is 9.56. The van der Waals surface area contributed by atoms with Crippen molar-refractivity contribution in [1.82, 2.24) is 4.72 Å². The predicted molar refractivity (Wildman–Crippen MR) is 107 cm³/mol. The third kappa shape index (κ3) is 5.76. The maximum atomic E-state index is 13.1. The lowest BCUT2D eigenvalue weighted by atomic mass is 9.87. The Hall–Kier alpha value is -2.51. The molecule has 14 heteroatoms. The van der Waals surface area contributed by atoms with Gasteiger partial charge in [0.2, 0.25) is 10.0 Å². The van der Waals surface area contributed by atoms with Crippen LogP contribution in [0.2, 0.25) is 5.02 Å². The van der Waals surface area contributed by atoms with Crippen molar-refractivity contribution in [3.05, 3.63) is 57.6 Å². The Bertz CT molecular complexity index is 1180. The molecule has 0 saturated heterocycles. The normalized spacial score (nSPS) is 16.7. The average molecular weight is 532 g/mol. The maximum Gasteiger partial charge on any atom is 0.416 e. The number of benzene rings is 2. The molecular formula is C20H16ClF6NO5S. The molecule has 0 saturated carbocycles. The first-order chi connectivity index (χ1) is 15.6. The van der Waals surface area contributed by atoms with Crippen LogP contribution in [0.5, 0.6) is 5.75 Å². The van der Waals surface area contributed by atoms with Crippen LogP contribution in [0, 0.1) is 0 Å². The lowest BCUT2D eigenvalue weighted by molar-refractivity contribution is -0.143. The number of carboxylic acids is 1. The van der Waals surface area contributed by atoms with E-state index in [4.69, 9.17) is 21.4 Å². The number of sulfonamides is 1. The van der Waals surface area contributed by atoms with E-state index in [2.05, 4.69) is 4.72 Å². The molecule has 1 aliphatic carbocycles. The molecule has 2 aromatic rings. The van der Waals surface area contributed by atoms with Crippen molar-refractivity contribution < 1.29 is 49.4 Å². The summed E-state index contributed by atoms with van der Waals surface area (Å²) in [6.45, 7) is -0.725. The second kappa shape index (κ2) is 9.27. The summed E-state index contributed by atoms with van der Waals surface area (Å²) in [5.41, 5.74) is -2.80. The zero-order valence-corrected chi connectivity index (χ0v) is 18.5. The molecule has 1 atom stereocenters. The Morgan fingerprint density at radius 1 is 1.09 bits per heavy atom. The number of fused-ring (bicyclic) bond motifs is 1. The van der Waals surface area contributed by atoms with Crippen LogP contribution in [0.4, 0.5) is 26.3 Å². The number of rotatable bonds is 6. The topological polar surface area (TPSA) is 92.7 Å². The molecule has 0 aromatic heterocycles. The molecule has 0 bridgehead atoms.